The molecule has 25 heavy (non-hydrogen) atoms. The molecule has 0 fully saturated rings. The topological polar surface area (TPSA) is 92.9 Å². The maximum Gasteiger partial charge on any atom is 0.321 e. The van der Waals surface area contributed by atoms with Gasteiger partial charge in [-0.05, 0) is 18.6 Å². The Morgan fingerprint density at radius 3 is 2.40 bits per heavy atom. The van der Waals surface area contributed by atoms with Crippen molar-refractivity contribution in [2.45, 2.75) is 19.4 Å². The molecule has 1 unspecified atom stereocenters. The molecule has 0 heterocycles. The monoisotopic (exact) mass is 428 g/mol. The van der Waals surface area contributed by atoms with E-state index in [0.717, 1.165) is 18.2 Å². The molecule has 0 bridgehead atoms. The molecule has 1 aromatic carbocycles. The van der Waals surface area contributed by atoms with Gasteiger partial charge in [0.05, 0.1) is 16.6 Å². The average Bonchev–Trinajstić information content (AvgIpc) is 2.53. The molecule has 0 spiro atoms. The summed E-state index contributed by atoms with van der Waals surface area (Å²) in [5.74, 6) is -0.834. The number of thioether (sulfide) groups is 1. The molecule has 10 heteroatoms. The number of aliphatic carboxylic acids is 1. The maximum absolute atomic E-state index is 12.2. The highest BCUT2D eigenvalue weighted by molar-refractivity contribution is 8.13. The van der Waals surface area contributed by atoms with Crippen molar-refractivity contribution in [1.29, 1.82) is 0 Å². The van der Waals surface area contributed by atoms with Gasteiger partial charge in [0, 0.05) is 17.3 Å². The fourth-order valence-electron chi connectivity index (χ4n) is 1.81. The summed E-state index contributed by atoms with van der Waals surface area (Å²) < 4.78 is 5.57. The standard InChI is InChI=1S/C15H19Cl3N2O4S/c1-2-3-20(15(23)25-8-12(19)14(21)22)4-5-24-13-10(17)6-9(16)7-11(13)18/h6-7,12H,2-5,8,19H2,1H3,(H,21,22). The van der Waals surface area contributed by atoms with Crippen LogP contribution in [0.1, 0.15) is 13.3 Å². The van der Waals surface area contributed by atoms with E-state index >= 15 is 0 Å². The zero-order valence-corrected chi connectivity index (χ0v) is 16.6. The van der Waals surface area contributed by atoms with Crippen molar-refractivity contribution in [3.8, 4) is 5.75 Å². The van der Waals surface area contributed by atoms with Crippen molar-refractivity contribution in [2.24, 2.45) is 5.73 Å². The number of rotatable bonds is 9. The number of halogens is 3. The van der Waals surface area contributed by atoms with E-state index in [1.165, 1.54) is 12.1 Å². The van der Waals surface area contributed by atoms with E-state index in [4.69, 9.17) is 50.4 Å². The van der Waals surface area contributed by atoms with Crippen molar-refractivity contribution in [3.63, 3.8) is 0 Å². The minimum atomic E-state index is -1.14. The first-order chi connectivity index (χ1) is 11.8. The molecule has 6 nitrogen and oxygen atoms in total. The Kier molecular flexibility index (Phi) is 9.74. The third-order valence-corrected chi connectivity index (χ3v) is 4.84. The number of carboxylic acid groups (broad SMARTS) is 1. The van der Waals surface area contributed by atoms with E-state index in [1.807, 2.05) is 6.92 Å². The first-order valence-corrected chi connectivity index (χ1v) is 9.55. The zero-order valence-electron chi connectivity index (χ0n) is 13.5. The van der Waals surface area contributed by atoms with Gasteiger partial charge in [-0.3, -0.25) is 9.59 Å². The third kappa shape index (κ3) is 7.50. The lowest BCUT2D eigenvalue weighted by atomic mass is 10.3. The van der Waals surface area contributed by atoms with Crippen molar-refractivity contribution in [3.05, 3.63) is 27.2 Å². The number of carbonyl (C=O) groups excluding carboxylic acids is 1. The Hall–Kier alpha value is -0.860. The Balaban J connectivity index is 2.58. The van der Waals surface area contributed by atoms with E-state index in [0.29, 0.717) is 23.9 Å². The lowest BCUT2D eigenvalue weighted by Gasteiger charge is -2.22. The smallest absolute Gasteiger partial charge is 0.321 e. The van der Waals surface area contributed by atoms with Crippen molar-refractivity contribution >= 4 is 57.8 Å². The number of amides is 1. The molecule has 1 atom stereocenters. The minimum Gasteiger partial charge on any atom is -0.489 e. The molecule has 0 saturated carbocycles. The van der Waals surface area contributed by atoms with Gasteiger partial charge in [-0.2, -0.15) is 0 Å². The molecule has 140 valence electrons. The third-order valence-electron chi connectivity index (χ3n) is 3.03. The number of nitrogens with zero attached hydrogens (tertiary/aromatic N) is 1. The molecular weight excluding hydrogens is 411 g/mol. The van der Waals surface area contributed by atoms with Gasteiger partial charge in [0.1, 0.15) is 12.6 Å². The van der Waals surface area contributed by atoms with Gasteiger partial charge >= 0.3 is 5.97 Å². The van der Waals surface area contributed by atoms with Crippen LogP contribution in [-0.4, -0.2) is 52.7 Å². The number of hydrogen-bond acceptors (Lipinski definition) is 5. The quantitative estimate of drug-likeness (QED) is 0.616. The van der Waals surface area contributed by atoms with Gasteiger partial charge in [-0.25, -0.2) is 0 Å². The van der Waals surface area contributed by atoms with Gasteiger partial charge in [0.15, 0.2) is 5.75 Å². The number of carbonyl (C=O) groups is 2. The van der Waals surface area contributed by atoms with Gasteiger partial charge < -0.3 is 20.5 Å². The second-order valence-corrected chi connectivity index (χ2v) is 7.28. The molecule has 0 radical (unpaired) electrons. The predicted octanol–water partition coefficient (Wildman–Crippen LogP) is 4.00. The zero-order chi connectivity index (χ0) is 19.0. The van der Waals surface area contributed by atoms with E-state index in [1.54, 1.807) is 4.90 Å². The first-order valence-electron chi connectivity index (χ1n) is 7.43. The summed E-state index contributed by atoms with van der Waals surface area (Å²) in [4.78, 5) is 24.5. The molecular formula is C15H19Cl3N2O4S. The van der Waals surface area contributed by atoms with Crippen LogP contribution in [0.4, 0.5) is 4.79 Å². The number of benzene rings is 1. The molecule has 0 aliphatic carbocycles. The van der Waals surface area contributed by atoms with Crippen molar-refractivity contribution in [1.82, 2.24) is 4.90 Å². The second kappa shape index (κ2) is 11.0. The highest BCUT2D eigenvalue weighted by Gasteiger charge is 2.18. The number of hydrogen-bond donors (Lipinski definition) is 2. The summed E-state index contributed by atoms with van der Waals surface area (Å²) in [5, 5.41) is 9.47. The summed E-state index contributed by atoms with van der Waals surface area (Å²) in [5.41, 5.74) is 5.40. The van der Waals surface area contributed by atoms with Crippen LogP contribution >= 0.6 is 46.6 Å². The number of ether oxygens (including phenoxy) is 1. The summed E-state index contributed by atoms with van der Waals surface area (Å²) in [6.07, 6.45) is 0.750. The minimum absolute atomic E-state index is 0.00405. The second-order valence-electron chi connectivity index (χ2n) is 5.06. The Labute approximate surface area is 165 Å². The SMILES string of the molecule is CCCN(CCOc1c(Cl)cc(Cl)cc1Cl)C(=O)SCC(N)C(=O)O. The summed E-state index contributed by atoms with van der Waals surface area (Å²) >= 11 is 18.8. The molecule has 1 amide bonds. The van der Waals surface area contributed by atoms with E-state index in [2.05, 4.69) is 0 Å². The highest BCUT2D eigenvalue weighted by atomic mass is 35.5. The summed E-state index contributed by atoms with van der Waals surface area (Å²) in [7, 11) is 0. The van der Waals surface area contributed by atoms with Crippen LogP contribution in [0.2, 0.25) is 15.1 Å². The predicted molar refractivity (Wildman–Crippen MR) is 102 cm³/mol. The number of nitrogens with two attached hydrogens (primary N) is 1. The molecule has 1 rings (SSSR count). The van der Waals surface area contributed by atoms with Crippen molar-refractivity contribution < 1.29 is 19.4 Å². The van der Waals surface area contributed by atoms with E-state index in [9.17, 15) is 9.59 Å². The lowest BCUT2D eigenvalue weighted by molar-refractivity contribution is -0.137. The average molecular weight is 430 g/mol. The van der Waals surface area contributed by atoms with Crippen LogP contribution in [0.3, 0.4) is 0 Å². The van der Waals surface area contributed by atoms with Crippen LogP contribution in [0, 0.1) is 0 Å². The molecule has 3 N–H and O–H groups in total. The fourth-order valence-corrected chi connectivity index (χ4v) is 3.57. The first kappa shape index (κ1) is 22.2. The van der Waals surface area contributed by atoms with Crippen LogP contribution in [0.25, 0.3) is 0 Å². The van der Waals surface area contributed by atoms with Crippen LogP contribution in [0.15, 0.2) is 12.1 Å². The van der Waals surface area contributed by atoms with Gasteiger partial charge in [0.2, 0.25) is 0 Å². The van der Waals surface area contributed by atoms with Crippen LogP contribution in [-0.2, 0) is 4.79 Å². The van der Waals surface area contributed by atoms with E-state index < -0.39 is 12.0 Å². The maximum atomic E-state index is 12.2. The van der Waals surface area contributed by atoms with Crippen LogP contribution < -0.4 is 10.5 Å². The van der Waals surface area contributed by atoms with Crippen molar-refractivity contribution in [2.75, 3.05) is 25.4 Å². The summed E-state index contributed by atoms with van der Waals surface area (Å²) in [6.45, 7) is 2.93. The van der Waals surface area contributed by atoms with E-state index in [-0.39, 0.29) is 27.6 Å². The lowest BCUT2D eigenvalue weighted by Crippen LogP contribution is -2.36. The fraction of sp³-hybridized carbons (Fsp3) is 0.467. The molecule has 1 aromatic rings. The number of carboxylic acids is 1. The largest absolute Gasteiger partial charge is 0.489 e. The van der Waals surface area contributed by atoms with Gasteiger partial charge in [0.25, 0.3) is 5.24 Å². The van der Waals surface area contributed by atoms with Crippen LogP contribution in [0.5, 0.6) is 5.75 Å². The molecule has 0 aromatic heterocycles. The normalized spacial score (nSPS) is 11.9. The highest BCUT2D eigenvalue weighted by Crippen LogP contribution is 2.35. The Morgan fingerprint density at radius 2 is 1.88 bits per heavy atom. The molecule has 0 aliphatic heterocycles. The Morgan fingerprint density at radius 1 is 1.28 bits per heavy atom. The summed E-state index contributed by atoms with van der Waals surface area (Å²) in [6, 6.07) is 1.95. The molecule has 0 aliphatic rings. The molecule has 0 saturated heterocycles. The van der Waals surface area contributed by atoms with Gasteiger partial charge in [-0.15, -0.1) is 0 Å². The Bertz CT molecular complexity index is 595. The van der Waals surface area contributed by atoms with Gasteiger partial charge in [-0.1, -0.05) is 53.5 Å².